The molecule has 0 radical (unpaired) electrons. The maximum Gasteiger partial charge on any atom is 0.248 e. The molecule has 2 aromatic carbocycles. The predicted molar refractivity (Wildman–Crippen MR) is 97.9 cm³/mol. The smallest absolute Gasteiger partial charge is 0.248 e. The molecule has 0 bridgehead atoms. The summed E-state index contributed by atoms with van der Waals surface area (Å²) >= 11 is 0. The van der Waals surface area contributed by atoms with Crippen LogP contribution in [0, 0.1) is 5.82 Å². The zero-order valence-corrected chi connectivity index (χ0v) is 15.4. The van der Waals surface area contributed by atoms with Crippen molar-refractivity contribution in [3.05, 3.63) is 59.9 Å². The molecule has 6 nitrogen and oxygen atoms in total. The first kappa shape index (κ1) is 19.6. The minimum absolute atomic E-state index is 0.00564. The third-order valence-electron chi connectivity index (χ3n) is 3.49. The summed E-state index contributed by atoms with van der Waals surface area (Å²) in [5.74, 6) is -0.609. The Morgan fingerprint density at radius 3 is 2.38 bits per heavy atom. The van der Waals surface area contributed by atoms with Crippen molar-refractivity contribution in [3.63, 3.8) is 0 Å². The number of hydrogen-bond donors (Lipinski definition) is 1. The van der Waals surface area contributed by atoms with Gasteiger partial charge in [0.05, 0.1) is 7.11 Å². The van der Waals surface area contributed by atoms with Crippen LogP contribution in [0.2, 0.25) is 0 Å². The van der Waals surface area contributed by atoms with Gasteiger partial charge in [0.1, 0.15) is 16.5 Å². The van der Waals surface area contributed by atoms with Crippen LogP contribution in [-0.4, -0.2) is 39.8 Å². The van der Waals surface area contributed by atoms with Gasteiger partial charge in [0.25, 0.3) is 0 Å². The fraction of sp³-hybridized carbons (Fsp3) is 0.167. The molecule has 0 heterocycles. The van der Waals surface area contributed by atoms with Crippen molar-refractivity contribution in [3.8, 4) is 5.75 Å². The number of nitrogens with zero attached hydrogens (tertiary/aromatic N) is 1. The van der Waals surface area contributed by atoms with Gasteiger partial charge in [-0.15, -0.1) is 0 Å². The first-order valence-corrected chi connectivity index (χ1v) is 9.03. The molecule has 138 valence electrons. The first-order chi connectivity index (χ1) is 12.2. The van der Waals surface area contributed by atoms with Gasteiger partial charge in [0, 0.05) is 25.9 Å². The maximum absolute atomic E-state index is 12.9. The number of amides is 1. The minimum atomic E-state index is -3.69. The Hall–Kier alpha value is -2.71. The van der Waals surface area contributed by atoms with Crippen molar-refractivity contribution < 1.29 is 22.3 Å². The number of anilines is 1. The lowest BCUT2D eigenvalue weighted by molar-refractivity contribution is -0.111. The highest BCUT2D eigenvalue weighted by atomic mass is 32.2. The quantitative estimate of drug-likeness (QED) is 0.785. The van der Waals surface area contributed by atoms with E-state index in [2.05, 4.69) is 5.32 Å². The van der Waals surface area contributed by atoms with Gasteiger partial charge in [0.2, 0.25) is 15.9 Å². The Morgan fingerprint density at radius 1 is 1.15 bits per heavy atom. The topological polar surface area (TPSA) is 75.7 Å². The number of nitrogens with one attached hydrogen (secondary N) is 1. The van der Waals surface area contributed by atoms with Crippen LogP contribution < -0.4 is 10.1 Å². The molecule has 8 heteroatoms. The summed E-state index contributed by atoms with van der Waals surface area (Å²) in [5.41, 5.74) is 0.965. The monoisotopic (exact) mass is 378 g/mol. The van der Waals surface area contributed by atoms with Gasteiger partial charge in [-0.05, 0) is 48.0 Å². The average molecular weight is 378 g/mol. The van der Waals surface area contributed by atoms with Crippen molar-refractivity contribution >= 4 is 27.7 Å². The standard InChI is InChI=1S/C18H19FN2O4S/c1-21(2)26(23,24)17-12-13(4-10-16(17)25-3)5-11-18(22)20-15-8-6-14(19)7-9-15/h4-12H,1-3H3,(H,20,22)/b11-5+. The van der Waals surface area contributed by atoms with E-state index in [1.54, 1.807) is 6.07 Å². The summed E-state index contributed by atoms with van der Waals surface area (Å²) in [5, 5.41) is 2.58. The van der Waals surface area contributed by atoms with Gasteiger partial charge in [-0.1, -0.05) is 6.07 Å². The molecule has 0 unspecified atom stereocenters. The summed E-state index contributed by atoms with van der Waals surface area (Å²) < 4.78 is 43.8. The molecule has 2 rings (SSSR count). The minimum Gasteiger partial charge on any atom is -0.495 e. The molecular formula is C18H19FN2O4S. The Morgan fingerprint density at radius 2 is 1.81 bits per heavy atom. The molecule has 0 spiro atoms. The molecule has 0 aliphatic carbocycles. The van der Waals surface area contributed by atoms with Crippen LogP contribution in [0.3, 0.4) is 0 Å². The van der Waals surface area contributed by atoms with Crippen LogP contribution in [0.1, 0.15) is 5.56 Å². The lowest BCUT2D eigenvalue weighted by Crippen LogP contribution is -2.22. The molecule has 26 heavy (non-hydrogen) atoms. The molecule has 0 atom stereocenters. The summed E-state index contributed by atoms with van der Waals surface area (Å²) in [6.07, 6.45) is 2.74. The van der Waals surface area contributed by atoms with E-state index in [-0.39, 0.29) is 10.6 Å². The second kappa shape index (κ2) is 8.11. The van der Waals surface area contributed by atoms with E-state index < -0.39 is 21.7 Å². The van der Waals surface area contributed by atoms with Gasteiger partial charge in [0.15, 0.2) is 0 Å². The third kappa shape index (κ3) is 4.68. The predicted octanol–water partition coefficient (Wildman–Crippen LogP) is 2.74. The van der Waals surface area contributed by atoms with Crippen LogP contribution in [0.5, 0.6) is 5.75 Å². The van der Waals surface area contributed by atoms with E-state index in [0.29, 0.717) is 11.3 Å². The van der Waals surface area contributed by atoms with E-state index >= 15 is 0 Å². The van der Waals surface area contributed by atoms with Crippen LogP contribution in [0.15, 0.2) is 53.4 Å². The van der Waals surface area contributed by atoms with E-state index in [0.717, 1.165) is 4.31 Å². The van der Waals surface area contributed by atoms with Gasteiger partial charge in [-0.2, -0.15) is 0 Å². The molecule has 0 fully saturated rings. The third-order valence-corrected chi connectivity index (χ3v) is 5.32. The molecule has 0 aliphatic heterocycles. The number of rotatable bonds is 6. The zero-order chi connectivity index (χ0) is 19.3. The molecular weight excluding hydrogens is 359 g/mol. The van der Waals surface area contributed by atoms with Crippen molar-refractivity contribution in [1.29, 1.82) is 0 Å². The number of methoxy groups -OCH3 is 1. The van der Waals surface area contributed by atoms with Gasteiger partial charge >= 0.3 is 0 Å². The van der Waals surface area contributed by atoms with E-state index in [4.69, 9.17) is 4.74 Å². The highest BCUT2D eigenvalue weighted by Gasteiger charge is 2.22. The Balaban J connectivity index is 2.22. The number of benzene rings is 2. The average Bonchev–Trinajstić information content (AvgIpc) is 2.61. The molecule has 1 N–H and O–H groups in total. The Labute approximate surface area is 151 Å². The summed E-state index contributed by atoms with van der Waals surface area (Å²) in [4.78, 5) is 11.9. The van der Waals surface area contributed by atoms with E-state index in [9.17, 15) is 17.6 Å². The molecule has 1 amide bonds. The first-order valence-electron chi connectivity index (χ1n) is 7.59. The fourth-order valence-corrected chi connectivity index (χ4v) is 3.17. The lowest BCUT2D eigenvalue weighted by atomic mass is 10.2. The number of hydrogen-bond acceptors (Lipinski definition) is 4. The van der Waals surface area contributed by atoms with Crippen LogP contribution in [0.25, 0.3) is 6.08 Å². The molecule has 0 aliphatic rings. The van der Waals surface area contributed by atoms with Gasteiger partial charge in [-0.25, -0.2) is 17.1 Å². The van der Waals surface area contributed by atoms with Crippen LogP contribution in [0.4, 0.5) is 10.1 Å². The highest BCUT2D eigenvalue weighted by molar-refractivity contribution is 7.89. The van der Waals surface area contributed by atoms with Gasteiger partial charge in [-0.3, -0.25) is 4.79 Å². The Bertz CT molecular complexity index is 923. The summed E-state index contributed by atoms with van der Waals surface area (Å²) in [6, 6.07) is 9.94. The number of sulfonamides is 1. The summed E-state index contributed by atoms with van der Waals surface area (Å²) in [6.45, 7) is 0. The van der Waals surface area contributed by atoms with Crippen molar-refractivity contribution in [2.45, 2.75) is 4.90 Å². The van der Waals surface area contributed by atoms with Crippen molar-refractivity contribution in [1.82, 2.24) is 4.31 Å². The number of carbonyl (C=O) groups excluding carboxylic acids is 1. The van der Waals surface area contributed by atoms with Crippen LogP contribution in [-0.2, 0) is 14.8 Å². The molecule has 0 saturated heterocycles. The van der Waals surface area contributed by atoms with Crippen molar-refractivity contribution in [2.75, 3.05) is 26.5 Å². The molecule has 0 saturated carbocycles. The zero-order valence-electron chi connectivity index (χ0n) is 14.6. The van der Waals surface area contributed by atoms with Crippen molar-refractivity contribution in [2.24, 2.45) is 0 Å². The normalized spacial score (nSPS) is 11.7. The Kier molecular flexibility index (Phi) is 6.12. The largest absolute Gasteiger partial charge is 0.495 e. The van der Waals surface area contributed by atoms with Crippen LogP contribution >= 0.6 is 0 Å². The number of ether oxygens (including phenoxy) is 1. The fourth-order valence-electron chi connectivity index (χ4n) is 2.08. The molecule has 0 aromatic heterocycles. The van der Waals surface area contributed by atoms with E-state index in [1.165, 1.54) is 69.8 Å². The highest BCUT2D eigenvalue weighted by Crippen LogP contribution is 2.27. The van der Waals surface area contributed by atoms with Gasteiger partial charge < -0.3 is 10.1 Å². The lowest BCUT2D eigenvalue weighted by Gasteiger charge is -2.15. The SMILES string of the molecule is COc1ccc(/C=C/C(=O)Nc2ccc(F)cc2)cc1S(=O)(=O)N(C)C. The second-order valence-electron chi connectivity index (χ2n) is 5.53. The summed E-state index contributed by atoms with van der Waals surface area (Å²) in [7, 11) is 0.538. The molecule has 2 aromatic rings. The number of halogens is 1. The second-order valence-corrected chi connectivity index (χ2v) is 7.65. The number of carbonyl (C=O) groups is 1. The van der Waals surface area contributed by atoms with E-state index in [1.807, 2.05) is 0 Å². The maximum atomic E-state index is 12.9.